The van der Waals surface area contributed by atoms with Gasteiger partial charge in [-0.15, -0.1) is 50.9 Å². The molecule has 0 bridgehead atoms. The van der Waals surface area contributed by atoms with Crippen molar-refractivity contribution in [2.75, 3.05) is 0 Å². The van der Waals surface area contributed by atoms with Crippen LogP contribution in [0, 0.1) is 39.9 Å². The van der Waals surface area contributed by atoms with Crippen molar-refractivity contribution in [1.29, 1.82) is 0 Å². The second-order valence-corrected chi connectivity index (χ2v) is 0. The summed E-state index contributed by atoms with van der Waals surface area (Å²) in [4.78, 5) is 0. The van der Waals surface area contributed by atoms with E-state index < -0.39 is 0 Å². The standard InChI is InChI=1S/3BrH.Gd/h3*1H;. The third kappa shape index (κ3) is 8.83. The molecule has 0 aromatic rings. The quantitative estimate of drug-likeness (QED) is 0.582. The molecular weight excluding hydrogens is 397 g/mol. The Morgan fingerprint density at radius 1 is 0.500 bits per heavy atom. The van der Waals surface area contributed by atoms with E-state index in [1.54, 1.807) is 0 Å². The summed E-state index contributed by atoms with van der Waals surface area (Å²) in [5.41, 5.74) is 0. The SMILES string of the molecule is Br.Br.Br.[Gd]. The average Bonchev–Trinajstić information content (AvgIpc) is 0. The molecule has 0 aromatic heterocycles. The van der Waals surface area contributed by atoms with Gasteiger partial charge in [0.1, 0.15) is 0 Å². The van der Waals surface area contributed by atoms with Gasteiger partial charge in [-0.3, -0.25) is 0 Å². The molecule has 32 valence electrons. The Kier molecular flexibility index (Phi) is 126. The van der Waals surface area contributed by atoms with Gasteiger partial charge in [0.25, 0.3) is 0 Å². The topological polar surface area (TPSA) is 0 Å². The van der Waals surface area contributed by atoms with Crippen LogP contribution in [-0.4, -0.2) is 0 Å². The van der Waals surface area contributed by atoms with Crippen LogP contribution in [0.1, 0.15) is 0 Å². The van der Waals surface area contributed by atoms with E-state index in [1.165, 1.54) is 0 Å². The van der Waals surface area contributed by atoms with E-state index in [0.717, 1.165) is 0 Å². The zero-order chi connectivity index (χ0) is 0. The number of rotatable bonds is 0. The van der Waals surface area contributed by atoms with E-state index in [4.69, 9.17) is 0 Å². The molecule has 0 fully saturated rings. The molecule has 0 aliphatic heterocycles. The van der Waals surface area contributed by atoms with Crippen molar-refractivity contribution in [3.05, 3.63) is 0 Å². The summed E-state index contributed by atoms with van der Waals surface area (Å²) >= 11 is 0. The molecule has 0 rings (SSSR count). The molecule has 0 radical (unpaired) electrons. The van der Waals surface area contributed by atoms with Gasteiger partial charge in [-0.1, -0.05) is 0 Å². The maximum atomic E-state index is 0. The molecule has 0 aliphatic carbocycles. The number of halogens is 3. The van der Waals surface area contributed by atoms with Crippen molar-refractivity contribution in [2.45, 2.75) is 0 Å². The second kappa shape index (κ2) is 17.1. The molecule has 0 N–H and O–H groups in total. The third-order valence-electron chi connectivity index (χ3n) is 0. The summed E-state index contributed by atoms with van der Waals surface area (Å²) in [5, 5.41) is 0. The summed E-state index contributed by atoms with van der Waals surface area (Å²) in [6.07, 6.45) is 0. The zero-order valence-corrected chi connectivity index (χ0v) is 8.99. The van der Waals surface area contributed by atoms with E-state index in [0.29, 0.717) is 0 Å². The van der Waals surface area contributed by atoms with Gasteiger partial charge in [0.05, 0.1) is 0 Å². The predicted octanol–water partition coefficient (Wildman–Crippen LogP) is 1.73. The smallest absolute Gasteiger partial charge is 0 e. The third-order valence-corrected chi connectivity index (χ3v) is 0. The van der Waals surface area contributed by atoms with Crippen molar-refractivity contribution in [3.8, 4) is 0 Å². The Balaban J connectivity index is 0. The minimum absolute atomic E-state index is 0. The first-order valence-electron chi connectivity index (χ1n) is 0. The van der Waals surface area contributed by atoms with E-state index in [9.17, 15) is 0 Å². The van der Waals surface area contributed by atoms with Gasteiger partial charge >= 0.3 is 0 Å². The van der Waals surface area contributed by atoms with E-state index >= 15 is 0 Å². The van der Waals surface area contributed by atoms with Crippen LogP contribution in [0.5, 0.6) is 0 Å². The fourth-order valence-corrected chi connectivity index (χ4v) is 0. The Labute approximate surface area is 89.1 Å². The van der Waals surface area contributed by atoms with Crippen molar-refractivity contribution in [2.24, 2.45) is 0 Å². The number of hydrogen-bond donors (Lipinski definition) is 0. The van der Waals surface area contributed by atoms with Gasteiger partial charge in [0.15, 0.2) is 0 Å². The van der Waals surface area contributed by atoms with Crippen LogP contribution >= 0.6 is 50.9 Å². The molecule has 0 unspecified atom stereocenters. The van der Waals surface area contributed by atoms with Gasteiger partial charge in [0.2, 0.25) is 0 Å². The molecule has 4 heavy (non-hydrogen) atoms. The second-order valence-electron chi connectivity index (χ2n) is 0. The first-order chi connectivity index (χ1) is 0. The van der Waals surface area contributed by atoms with Gasteiger partial charge in [-0.25, -0.2) is 0 Å². The summed E-state index contributed by atoms with van der Waals surface area (Å²) in [7, 11) is 0. The minimum Gasteiger partial charge on any atom is -0.114 e. The Morgan fingerprint density at radius 3 is 0.500 bits per heavy atom. The van der Waals surface area contributed by atoms with Crippen LogP contribution in [0.15, 0.2) is 0 Å². The molecule has 0 spiro atoms. The van der Waals surface area contributed by atoms with Crippen molar-refractivity contribution >= 4 is 50.9 Å². The van der Waals surface area contributed by atoms with Gasteiger partial charge in [-0.2, -0.15) is 0 Å². The van der Waals surface area contributed by atoms with Gasteiger partial charge in [-0.05, 0) is 0 Å². The van der Waals surface area contributed by atoms with Crippen LogP contribution in [0.3, 0.4) is 0 Å². The summed E-state index contributed by atoms with van der Waals surface area (Å²) in [6, 6.07) is 0. The van der Waals surface area contributed by atoms with E-state index in [-0.39, 0.29) is 90.9 Å². The van der Waals surface area contributed by atoms with Crippen LogP contribution in [-0.2, 0) is 0 Å². The molecular formula is H3Br3Gd. The molecule has 0 nitrogen and oxygen atoms in total. The Morgan fingerprint density at radius 2 is 0.500 bits per heavy atom. The normalized spacial score (nSPS) is 0. The predicted molar refractivity (Wildman–Crippen MR) is 31.0 cm³/mol. The largest absolute Gasteiger partial charge is 0.114 e. The van der Waals surface area contributed by atoms with Gasteiger partial charge < -0.3 is 0 Å². The minimum atomic E-state index is 0. The first kappa shape index (κ1) is 29.4. The zero-order valence-electron chi connectivity index (χ0n) is 1.58. The van der Waals surface area contributed by atoms with E-state index in [1.807, 2.05) is 0 Å². The Bertz CT molecular complexity index is 3.25. The van der Waals surface area contributed by atoms with Crippen LogP contribution < -0.4 is 0 Å². The fourth-order valence-electron chi connectivity index (χ4n) is 0. The maximum absolute atomic E-state index is 0. The van der Waals surface area contributed by atoms with Crippen LogP contribution in [0.25, 0.3) is 0 Å². The van der Waals surface area contributed by atoms with Crippen molar-refractivity contribution < 1.29 is 39.9 Å². The number of hydrogen-bond acceptors (Lipinski definition) is 0. The van der Waals surface area contributed by atoms with Crippen molar-refractivity contribution in [3.63, 3.8) is 0 Å². The molecule has 0 saturated heterocycles. The average molecular weight is 400 g/mol. The van der Waals surface area contributed by atoms with Crippen LogP contribution in [0.2, 0.25) is 0 Å². The fraction of sp³-hybridized carbons (Fsp3) is 0. The maximum Gasteiger partial charge on any atom is 0 e. The molecule has 4 heteroatoms. The summed E-state index contributed by atoms with van der Waals surface area (Å²) in [5.74, 6) is 0. The molecule has 0 aromatic carbocycles. The summed E-state index contributed by atoms with van der Waals surface area (Å²) < 4.78 is 0. The molecule has 0 heterocycles. The first-order valence-corrected chi connectivity index (χ1v) is 0. The van der Waals surface area contributed by atoms with Crippen molar-refractivity contribution in [1.82, 2.24) is 0 Å². The van der Waals surface area contributed by atoms with Gasteiger partial charge in [0, 0.05) is 39.9 Å². The van der Waals surface area contributed by atoms with E-state index in [2.05, 4.69) is 0 Å². The summed E-state index contributed by atoms with van der Waals surface area (Å²) in [6.45, 7) is 0. The Hall–Kier alpha value is 2.76. The molecule has 0 aliphatic rings. The molecule has 0 atom stereocenters. The molecule has 0 amide bonds. The molecule has 0 saturated carbocycles. The monoisotopic (exact) mass is 398 g/mol. The van der Waals surface area contributed by atoms with Crippen LogP contribution in [0.4, 0.5) is 0 Å².